The van der Waals surface area contributed by atoms with Gasteiger partial charge in [0.25, 0.3) is 0 Å². The summed E-state index contributed by atoms with van der Waals surface area (Å²) in [5, 5.41) is 4.04. The molecule has 0 saturated carbocycles. The van der Waals surface area contributed by atoms with Gasteiger partial charge >= 0.3 is 0 Å². The van der Waals surface area contributed by atoms with Gasteiger partial charge in [-0.05, 0) is 51.8 Å². The zero-order chi connectivity index (χ0) is 14.1. The summed E-state index contributed by atoms with van der Waals surface area (Å²) in [6.45, 7) is 0.952. The maximum absolute atomic E-state index is 5.97. The van der Waals surface area contributed by atoms with E-state index < -0.39 is 0 Å². The summed E-state index contributed by atoms with van der Waals surface area (Å²) in [6.07, 6.45) is 0. The van der Waals surface area contributed by atoms with Crippen molar-refractivity contribution in [2.45, 2.75) is 6.54 Å². The fraction of sp³-hybridized carbons (Fsp3) is 0.143. The molecule has 0 saturated heterocycles. The molecular formula is C14H10Br2ClNO2. The molecular weight excluding hydrogens is 409 g/mol. The van der Waals surface area contributed by atoms with E-state index in [-0.39, 0.29) is 6.79 Å². The molecule has 104 valence electrons. The third kappa shape index (κ3) is 2.90. The highest BCUT2D eigenvalue weighted by molar-refractivity contribution is 9.10. The smallest absolute Gasteiger partial charge is 0.231 e. The molecule has 6 heteroatoms. The first-order valence-electron chi connectivity index (χ1n) is 5.90. The molecule has 2 aromatic carbocycles. The third-order valence-electron chi connectivity index (χ3n) is 2.94. The van der Waals surface area contributed by atoms with Gasteiger partial charge in [-0.25, -0.2) is 0 Å². The first-order valence-corrected chi connectivity index (χ1v) is 7.87. The predicted molar refractivity (Wildman–Crippen MR) is 86.7 cm³/mol. The number of nitrogens with one attached hydrogen (secondary N) is 1. The predicted octanol–water partition coefficient (Wildman–Crippen LogP) is 5.21. The molecule has 1 aliphatic rings. The fourth-order valence-corrected chi connectivity index (χ4v) is 2.86. The van der Waals surface area contributed by atoms with E-state index in [4.69, 9.17) is 21.1 Å². The molecule has 3 rings (SSSR count). The van der Waals surface area contributed by atoms with Crippen molar-refractivity contribution in [2.75, 3.05) is 12.1 Å². The zero-order valence-corrected chi connectivity index (χ0v) is 14.2. The molecule has 1 aliphatic heterocycles. The summed E-state index contributed by atoms with van der Waals surface area (Å²) in [6, 6.07) is 9.64. The molecule has 0 unspecified atom stereocenters. The van der Waals surface area contributed by atoms with E-state index in [1.807, 2.05) is 30.3 Å². The summed E-state index contributed by atoms with van der Waals surface area (Å²) in [5.41, 5.74) is 2.09. The van der Waals surface area contributed by atoms with E-state index in [1.54, 1.807) is 0 Å². The van der Waals surface area contributed by atoms with Crippen LogP contribution in [-0.4, -0.2) is 6.79 Å². The SMILES string of the molecule is Clc1ccc(NCc2cc3c(cc2Br)OCO3)cc1Br. The number of halogens is 3. The van der Waals surface area contributed by atoms with Crippen molar-refractivity contribution >= 4 is 49.1 Å². The molecule has 2 aromatic rings. The lowest BCUT2D eigenvalue weighted by Crippen LogP contribution is -2.00. The lowest BCUT2D eigenvalue weighted by molar-refractivity contribution is 0.174. The second kappa shape index (κ2) is 5.84. The Hall–Kier alpha value is -0.910. The van der Waals surface area contributed by atoms with Gasteiger partial charge in [0.15, 0.2) is 11.5 Å². The standard InChI is InChI=1S/C14H10Br2ClNO2/c15-10-5-14-13(19-7-20-14)3-8(10)6-18-9-1-2-12(17)11(16)4-9/h1-5,18H,6-7H2. The largest absolute Gasteiger partial charge is 0.454 e. The molecule has 1 N–H and O–H groups in total. The number of rotatable bonds is 3. The van der Waals surface area contributed by atoms with Gasteiger partial charge in [0, 0.05) is 21.2 Å². The Morgan fingerprint density at radius 2 is 1.80 bits per heavy atom. The Morgan fingerprint density at radius 3 is 2.55 bits per heavy atom. The van der Waals surface area contributed by atoms with Gasteiger partial charge in [0.05, 0.1) is 5.02 Å². The van der Waals surface area contributed by atoms with Gasteiger partial charge in [-0.3, -0.25) is 0 Å². The minimum absolute atomic E-state index is 0.281. The molecule has 20 heavy (non-hydrogen) atoms. The summed E-state index contributed by atoms with van der Waals surface area (Å²) < 4.78 is 12.6. The molecule has 0 spiro atoms. The van der Waals surface area contributed by atoms with Crippen molar-refractivity contribution in [2.24, 2.45) is 0 Å². The Kier molecular flexibility index (Phi) is 4.10. The average molecular weight is 420 g/mol. The van der Waals surface area contributed by atoms with E-state index >= 15 is 0 Å². The van der Waals surface area contributed by atoms with Crippen LogP contribution in [-0.2, 0) is 6.54 Å². The van der Waals surface area contributed by atoms with Gasteiger partial charge in [-0.2, -0.15) is 0 Å². The van der Waals surface area contributed by atoms with Crippen LogP contribution < -0.4 is 14.8 Å². The third-order valence-corrected chi connectivity index (χ3v) is 4.90. The molecule has 0 fully saturated rings. The molecule has 1 heterocycles. The second-order valence-corrected chi connectivity index (χ2v) is 6.40. The average Bonchev–Trinajstić information content (AvgIpc) is 2.87. The van der Waals surface area contributed by atoms with Crippen LogP contribution >= 0.6 is 43.5 Å². The van der Waals surface area contributed by atoms with Crippen LogP contribution in [0, 0.1) is 0 Å². The highest BCUT2D eigenvalue weighted by Gasteiger charge is 2.16. The van der Waals surface area contributed by atoms with Crippen molar-refractivity contribution < 1.29 is 9.47 Å². The van der Waals surface area contributed by atoms with Crippen LogP contribution in [0.3, 0.4) is 0 Å². The van der Waals surface area contributed by atoms with Crippen LogP contribution in [0.5, 0.6) is 11.5 Å². The van der Waals surface area contributed by atoms with Crippen molar-refractivity contribution in [3.05, 3.63) is 49.9 Å². The van der Waals surface area contributed by atoms with Gasteiger partial charge in [0.1, 0.15) is 0 Å². The molecule has 0 amide bonds. The second-order valence-electron chi connectivity index (χ2n) is 4.28. The first kappa shape index (κ1) is 14.0. The van der Waals surface area contributed by atoms with E-state index in [0.29, 0.717) is 11.6 Å². The number of hydrogen-bond acceptors (Lipinski definition) is 3. The van der Waals surface area contributed by atoms with Crippen molar-refractivity contribution in [1.82, 2.24) is 0 Å². The minimum atomic E-state index is 0.281. The topological polar surface area (TPSA) is 30.5 Å². The highest BCUT2D eigenvalue weighted by atomic mass is 79.9. The van der Waals surface area contributed by atoms with Crippen LogP contribution in [0.1, 0.15) is 5.56 Å². The van der Waals surface area contributed by atoms with E-state index in [9.17, 15) is 0 Å². The van der Waals surface area contributed by atoms with Crippen LogP contribution in [0.25, 0.3) is 0 Å². The Balaban J connectivity index is 1.76. The number of fused-ring (bicyclic) bond motifs is 1. The monoisotopic (exact) mass is 417 g/mol. The van der Waals surface area contributed by atoms with E-state index in [0.717, 1.165) is 31.7 Å². The summed E-state index contributed by atoms with van der Waals surface area (Å²) in [4.78, 5) is 0. The van der Waals surface area contributed by atoms with Gasteiger partial charge in [-0.15, -0.1) is 0 Å². The molecule has 3 nitrogen and oxygen atoms in total. The van der Waals surface area contributed by atoms with E-state index in [1.165, 1.54) is 0 Å². The Bertz CT molecular complexity index is 664. The molecule has 0 atom stereocenters. The number of ether oxygens (including phenoxy) is 2. The quantitative estimate of drug-likeness (QED) is 0.741. The molecule has 0 radical (unpaired) electrons. The van der Waals surface area contributed by atoms with Crippen LogP contribution in [0.2, 0.25) is 5.02 Å². The van der Waals surface area contributed by atoms with E-state index in [2.05, 4.69) is 37.2 Å². The highest BCUT2D eigenvalue weighted by Crippen LogP contribution is 2.37. The van der Waals surface area contributed by atoms with Crippen molar-refractivity contribution in [3.8, 4) is 11.5 Å². The van der Waals surface area contributed by atoms with Gasteiger partial charge in [-0.1, -0.05) is 27.5 Å². The van der Waals surface area contributed by atoms with Crippen LogP contribution in [0.15, 0.2) is 39.3 Å². The first-order chi connectivity index (χ1) is 9.63. The number of hydrogen-bond donors (Lipinski definition) is 1. The number of benzene rings is 2. The molecule has 0 aromatic heterocycles. The zero-order valence-electron chi connectivity index (χ0n) is 10.3. The van der Waals surface area contributed by atoms with Gasteiger partial charge in [0.2, 0.25) is 6.79 Å². The maximum Gasteiger partial charge on any atom is 0.231 e. The van der Waals surface area contributed by atoms with Crippen LogP contribution in [0.4, 0.5) is 5.69 Å². The van der Waals surface area contributed by atoms with Crippen molar-refractivity contribution in [1.29, 1.82) is 0 Å². The maximum atomic E-state index is 5.97. The normalized spacial score (nSPS) is 12.6. The summed E-state index contributed by atoms with van der Waals surface area (Å²) in [5.74, 6) is 1.55. The fourth-order valence-electron chi connectivity index (χ4n) is 1.90. The minimum Gasteiger partial charge on any atom is -0.454 e. The lowest BCUT2D eigenvalue weighted by Gasteiger charge is -2.10. The lowest BCUT2D eigenvalue weighted by atomic mass is 10.2. The molecule has 0 bridgehead atoms. The van der Waals surface area contributed by atoms with Crippen molar-refractivity contribution in [3.63, 3.8) is 0 Å². The molecule has 0 aliphatic carbocycles. The number of anilines is 1. The van der Waals surface area contributed by atoms with Gasteiger partial charge < -0.3 is 14.8 Å². The summed E-state index contributed by atoms with van der Waals surface area (Å²) in [7, 11) is 0. The summed E-state index contributed by atoms with van der Waals surface area (Å²) >= 11 is 12.9. The Morgan fingerprint density at radius 1 is 1.05 bits per heavy atom. The Labute approximate surface area is 138 Å².